The van der Waals surface area contributed by atoms with Gasteiger partial charge in [-0.25, -0.2) is 9.13 Å². The third-order valence-corrected chi connectivity index (χ3v) is 16.3. The van der Waals surface area contributed by atoms with Crippen molar-refractivity contribution >= 4 is 39.5 Å². The molecule has 0 amide bonds. The van der Waals surface area contributed by atoms with E-state index in [0.29, 0.717) is 25.7 Å². The van der Waals surface area contributed by atoms with Crippen LogP contribution in [0.2, 0.25) is 0 Å². The molecule has 474 valence electrons. The predicted octanol–water partition coefficient (Wildman–Crippen LogP) is 16.6. The number of phosphoric ester groups is 2. The summed E-state index contributed by atoms with van der Waals surface area (Å²) in [5.41, 5.74) is 0. The van der Waals surface area contributed by atoms with Crippen molar-refractivity contribution in [1.82, 2.24) is 0 Å². The van der Waals surface area contributed by atoms with Crippen LogP contribution in [0.1, 0.15) is 304 Å². The zero-order chi connectivity index (χ0) is 59.2. The van der Waals surface area contributed by atoms with E-state index in [2.05, 4.69) is 34.6 Å². The first-order chi connectivity index (χ1) is 38.6. The molecule has 19 heteroatoms. The Hall–Kier alpha value is -1.94. The van der Waals surface area contributed by atoms with Gasteiger partial charge in [0.25, 0.3) is 0 Å². The van der Waals surface area contributed by atoms with Gasteiger partial charge in [0.15, 0.2) is 12.2 Å². The lowest BCUT2D eigenvalue weighted by atomic mass is 10.00. The van der Waals surface area contributed by atoms with Gasteiger partial charge in [0, 0.05) is 25.7 Å². The summed E-state index contributed by atoms with van der Waals surface area (Å²) in [6, 6.07) is 0. The van der Waals surface area contributed by atoms with Crippen LogP contribution in [0.4, 0.5) is 0 Å². The molecule has 0 aliphatic rings. The summed E-state index contributed by atoms with van der Waals surface area (Å²) < 4.78 is 67.6. The summed E-state index contributed by atoms with van der Waals surface area (Å²) in [4.78, 5) is 71.7. The van der Waals surface area contributed by atoms with Crippen molar-refractivity contribution in [1.29, 1.82) is 0 Å². The average Bonchev–Trinajstić information content (AvgIpc) is 3.43. The van der Waals surface area contributed by atoms with Gasteiger partial charge in [-0.3, -0.25) is 37.3 Å². The third-order valence-electron chi connectivity index (χ3n) is 14.4. The number of hydrogen-bond donors (Lipinski definition) is 3. The number of carbonyl (C=O) groups excluding carboxylic acids is 4. The molecule has 6 atom stereocenters. The molecule has 0 fully saturated rings. The molecule has 0 bridgehead atoms. The van der Waals surface area contributed by atoms with Crippen LogP contribution < -0.4 is 0 Å². The zero-order valence-corrected chi connectivity index (χ0v) is 53.0. The van der Waals surface area contributed by atoms with Gasteiger partial charge in [-0.1, -0.05) is 253 Å². The Morgan fingerprint density at radius 1 is 0.350 bits per heavy atom. The molecule has 3 unspecified atom stereocenters. The van der Waals surface area contributed by atoms with Gasteiger partial charge in [-0.2, -0.15) is 0 Å². The second-order valence-electron chi connectivity index (χ2n) is 22.3. The van der Waals surface area contributed by atoms with Crippen molar-refractivity contribution in [3.05, 3.63) is 0 Å². The quantitative estimate of drug-likeness (QED) is 0.0222. The van der Waals surface area contributed by atoms with Gasteiger partial charge in [-0.15, -0.1) is 0 Å². The number of aliphatic hydroxyl groups is 1. The molecule has 0 aromatic heterocycles. The van der Waals surface area contributed by atoms with E-state index in [0.717, 1.165) is 115 Å². The molecular weight excluding hydrogens is 1070 g/mol. The van der Waals surface area contributed by atoms with Crippen LogP contribution in [0.25, 0.3) is 0 Å². The largest absolute Gasteiger partial charge is 0.472 e. The minimum absolute atomic E-state index is 0.104. The Kier molecular flexibility index (Phi) is 53.6. The Morgan fingerprint density at radius 3 is 0.887 bits per heavy atom. The van der Waals surface area contributed by atoms with Gasteiger partial charge in [-0.05, 0) is 31.6 Å². The SMILES string of the molecule is CCCCCCCCCCCCCCCCCCCC(=O)O[C@H](COC(=O)CCCCCCCCC(C)CC)COP(=O)(O)OC[C@@H](O)COP(=O)(O)OC[C@@H](COC(=O)CCCCCCC)OC(=O)CCCCCCCCCC. The second kappa shape index (κ2) is 55.0. The third kappa shape index (κ3) is 54.0. The Labute approximate surface area is 486 Å². The van der Waals surface area contributed by atoms with Crippen LogP contribution in [0.5, 0.6) is 0 Å². The maximum absolute atomic E-state index is 12.9. The highest BCUT2D eigenvalue weighted by Gasteiger charge is 2.30. The van der Waals surface area contributed by atoms with Crippen molar-refractivity contribution in [2.75, 3.05) is 39.6 Å². The van der Waals surface area contributed by atoms with Gasteiger partial charge < -0.3 is 33.8 Å². The summed E-state index contributed by atoms with van der Waals surface area (Å²) >= 11 is 0. The molecule has 0 aromatic rings. The lowest BCUT2D eigenvalue weighted by molar-refractivity contribution is -0.161. The fraction of sp³-hybridized carbons (Fsp3) is 0.934. The average molecular weight is 1190 g/mol. The van der Waals surface area contributed by atoms with E-state index in [1.54, 1.807) is 0 Å². The lowest BCUT2D eigenvalue weighted by Crippen LogP contribution is -2.30. The first-order valence-corrected chi connectivity index (χ1v) is 35.2. The van der Waals surface area contributed by atoms with E-state index in [1.165, 1.54) is 109 Å². The minimum atomic E-state index is -4.94. The molecule has 0 spiro atoms. The van der Waals surface area contributed by atoms with Crippen LogP contribution >= 0.6 is 15.6 Å². The van der Waals surface area contributed by atoms with Crippen LogP contribution in [0.15, 0.2) is 0 Å². The zero-order valence-electron chi connectivity index (χ0n) is 51.2. The molecular formula is C61H118O17P2. The van der Waals surface area contributed by atoms with Crippen molar-refractivity contribution in [2.45, 2.75) is 323 Å². The Bertz CT molecular complexity index is 1570. The molecule has 0 heterocycles. The molecule has 3 N–H and O–H groups in total. The summed E-state index contributed by atoms with van der Waals surface area (Å²) in [7, 11) is -9.87. The van der Waals surface area contributed by atoms with Crippen LogP contribution in [0, 0.1) is 5.92 Å². The van der Waals surface area contributed by atoms with E-state index in [1.807, 2.05) is 0 Å². The monoisotopic (exact) mass is 1180 g/mol. The predicted molar refractivity (Wildman–Crippen MR) is 317 cm³/mol. The summed E-state index contributed by atoms with van der Waals surface area (Å²) in [6.45, 7) is 7.02. The number of esters is 4. The Morgan fingerprint density at radius 2 is 0.600 bits per heavy atom. The first-order valence-electron chi connectivity index (χ1n) is 32.2. The van der Waals surface area contributed by atoms with Crippen LogP contribution in [0.3, 0.4) is 0 Å². The number of aliphatic hydroxyl groups excluding tert-OH is 1. The van der Waals surface area contributed by atoms with E-state index in [9.17, 15) is 43.2 Å². The van der Waals surface area contributed by atoms with Crippen LogP contribution in [-0.4, -0.2) is 96.7 Å². The molecule has 0 saturated carbocycles. The number of unbranched alkanes of at least 4 members (excludes halogenated alkanes) is 32. The highest BCUT2D eigenvalue weighted by atomic mass is 31.2. The topological polar surface area (TPSA) is 237 Å². The number of ether oxygens (including phenoxy) is 4. The summed E-state index contributed by atoms with van der Waals surface area (Å²) in [5, 5.41) is 10.5. The minimum Gasteiger partial charge on any atom is -0.462 e. The number of rotatable bonds is 61. The number of phosphoric acid groups is 2. The lowest BCUT2D eigenvalue weighted by Gasteiger charge is -2.21. The highest BCUT2D eigenvalue weighted by Crippen LogP contribution is 2.45. The fourth-order valence-corrected chi connectivity index (χ4v) is 10.6. The normalized spacial score (nSPS) is 14.7. The van der Waals surface area contributed by atoms with Gasteiger partial charge in [0.2, 0.25) is 0 Å². The molecule has 0 aliphatic carbocycles. The van der Waals surface area contributed by atoms with Gasteiger partial charge >= 0.3 is 39.5 Å². The van der Waals surface area contributed by atoms with Gasteiger partial charge in [0.05, 0.1) is 26.4 Å². The highest BCUT2D eigenvalue weighted by molar-refractivity contribution is 7.47. The summed E-state index contributed by atoms with van der Waals surface area (Å²) in [6.07, 6.45) is 38.1. The van der Waals surface area contributed by atoms with Gasteiger partial charge in [0.1, 0.15) is 19.3 Å². The first kappa shape index (κ1) is 78.1. The molecule has 0 aliphatic heterocycles. The molecule has 80 heavy (non-hydrogen) atoms. The van der Waals surface area contributed by atoms with E-state index < -0.39 is 97.5 Å². The molecule has 0 rings (SSSR count). The standard InChI is InChI=1S/C61H118O17P2/c1-6-10-13-16-18-20-21-22-23-24-25-26-27-28-30-37-42-47-61(66)78-57(51-72-59(64)45-40-35-32-31-34-38-43-54(5)9-4)53-76-80(69,70)74-49-55(62)48-73-79(67,68)75-52-56(50-71-58(63)44-39-33-15-12-8-3)77-60(65)46-41-36-29-19-17-14-11-7-2/h54-57,62H,6-53H2,1-5H3,(H,67,68)(H,69,70)/t54?,55-,56+,57+/m0/s1. The Balaban J connectivity index is 5.14. The molecule has 0 aromatic carbocycles. The van der Waals surface area contributed by atoms with Crippen molar-refractivity contribution < 1.29 is 80.2 Å². The molecule has 0 radical (unpaired) electrons. The van der Waals surface area contributed by atoms with Crippen molar-refractivity contribution in [3.8, 4) is 0 Å². The summed E-state index contributed by atoms with van der Waals surface area (Å²) in [5.74, 6) is -1.42. The smallest absolute Gasteiger partial charge is 0.462 e. The number of carbonyl (C=O) groups is 4. The fourth-order valence-electron chi connectivity index (χ4n) is 9.02. The van der Waals surface area contributed by atoms with Crippen molar-refractivity contribution in [2.24, 2.45) is 5.92 Å². The molecule has 17 nitrogen and oxygen atoms in total. The van der Waals surface area contributed by atoms with E-state index >= 15 is 0 Å². The number of hydrogen-bond acceptors (Lipinski definition) is 15. The van der Waals surface area contributed by atoms with E-state index in [4.69, 9.17) is 37.0 Å². The maximum Gasteiger partial charge on any atom is 0.472 e. The van der Waals surface area contributed by atoms with Crippen molar-refractivity contribution in [3.63, 3.8) is 0 Å². The maximum atomic E-state index is 12.9. The molecule has 0 saturated heterocycles. The van der Waals surface area contributed by atoms with E-state index in [-0.39, 0.29) is 25.7 Å². The van der Waals surface area contributed by atoms with Crippen LogP contribution in [-0.2, 0) is 65.4 Å². The second-order valence-corrected chi connectivity index (χ2v) is 25.2.